The first kappa shape index (κ1) is 10.5. The lowest BCUT2D eigenvalue weighted by atomic mass is 10.2. The zero-order valence-corrected chi connectivity index (χ0v) is 8.71. The van der Waals surface area contributed by atoms with E-state index in [1.54, 1.807) is 0 Å². The molecule has 0 bridgehead atoms. The van der Waals surface area contributed by atoms with Crippen LogP contribution >= 0.6 is 0 Å². The Labute approximate surface area is 79.9 Å². The van der Waals surface area contributed by atoms with Crippen LogP contribution in [0.4, 0.5) is 0 Å². The van der Waals surface area contributed by atoms with Crippen molar-refractivity contribution >= 4 is 5.91 Å². The van der Waals surface area contributed by atoms with E-state index in [1.165, 1.54) is 0 Å². The van der Waals surface area contributed by atoms with E-state index in [-0.39, 0.29) is 11.9 Å². The van der Waals surface area contributed by atoms with E-state index in [9.17, 15) is 4.79 Å². The van der Waals surface area contributed by atoms with Gasteiger partial charge in [0.05, 0.1) is 0 Å². The van der Waals surface area contributed by atoms with Crippen molar-refractivity contribution in [3.05, 3.63) is 0 Å². The standard InChI is InChI=1S/C9H19N3O/c1-4-10-9(13)8-7-11(2)5-6-12(8)3/h8H,4-7H2,1-3H3,(H,10,13). The second kappa shape index (κ2) is 4.58. The van der Waals surface area contributed by atoms with Crippen molar-refractivity contribution in [2.24, 2.45) is 0 Å². The largest absolute Gasteiger partial charge is 0.355 e. The number of carbonyl (C=O) groups is 1. The Kier molecular flexibility index (Phi) is 3.69. The van der Waals surface area contributed by atoms with Gasteiger partial charge in [-0.05, 0) is 21.0 Å². The van der Waals surface area contributed by atoms with Gasteiger partial charge in [-0.15, -0.1) is 0 Å². The lowest BCUT2D eigenvalue weighted by Crippen LogP contribution is -2.56. The molecule has 4 nitrogen and oxygen atoms in total. The average molecular weight is 185 g/mol. The van der Waals surface area contributed by atoms with Gasteiger partial charge in [-0.2, -0.15) is 0 Å². The number of carbonyl (C=O) groups excluding carboxylic acids is 1. The van der Waals surface area contributed by atoms with Crippen LogP contribution in [0, 0.1) is 0 Å². The Morgan fingerprint density at radius 2 is 2.15 bits per heavy atom. The fourth-order valence-corrected chi connectivity index (χ4v) is 1.59. The molecule has 0 aromatic carbocycles. The molecule has 0 spiro atoms. The van der Waals surface area contributed by atoms with Gasteiger partial charge >= 0.3 is 0 Å². The van der Waals surface area contributed by atoms with Gasteiger partial charge in [0.1, 0.15) is 6.04 Å². The van der Waals surface area contributed by atoms with Gasteiger partial charge in [-0.3, -0.25) is 9.69 Å². The monoisotopic (exact) mass is 185 g/mol. The number of likely N-dealkylation sites (N-methyl/N-ethyl adjacent to an activating group) is 3. The van der Waals surface area contributed by atoms with Crippen molar-refractivity contribution in [3.63, 3.8) is 0 Å². The van der Waals surface area contributed by atoms with Crippen molar-refractivity contribution in [3.8, 4) is 0 Å². The highest BCUT2D eigenvalue weighted by Gasteiger charge is 2.27. The first-order chi connectivity index (χ1) is 6.15. The van der Waals surface area contributed by atoms with Crippen LogP contribution in [0.1, 0.15) is 6.92 Å². The molecule has 4 heteroatoms. The third-order valence-electron chi connectivity index (χ3n) is 2.50. The Morgan fingerprint density at radius 1 is 1.46 bits per heavy atom. The highest BCUT2D eigenvalue weighted by atomic mass is 16.2. The van der Waals surface area contributed by atoms with E-state index >= 15 is 0 Å². The minimum atomic E-state index is 0.0266. The van der Waals surface area contributed by atoms with Gasteiger partial charge in [0.25, 0.3) is 0 Å². The smallest absolute Gasteiger partial charge is 0.238 e. The topological polar surface area (TPSA) is 35.6 Å². The molecule has 76 valence electrons. The van der Waals surface area contributed by atoms with Crippen LogP contribution in [-0.4, -0.2) is 62.0 Å². The van der Waals surface area contributed by atoms with Crippen LogP contribution in [0.2, 0.25) is 0 Å². The van der Waals surface area contributed by atoms with Crippen molar-refractivity contribution in [2.75, 3.05) is 40.3 Å². The summed E-state index contributed by atoms with van der Waals surface area (Å²) in [7, 11) is 4.06. The quantitative estimate of drug-likeness (QED) is 0.622. The number of nitrogens with zero attached hydrogens (tertiary/aromatic N) is 2. The van der Waals surface area contributed by atoms with Crippen molar-refractivity contribution in [1.29, 1.82) is 0 Å². The predicted molar refractivity (Wildman–Crippen MR) is 52.6 cm³/mol. The summed E-state index contributed by atoms with van der Waals surface area (Å²) >= 11 is 0. The third kappa shape index (κ3) is 2.67. The fraction of sp³-hybridized carbons (Fsp3) is 0.889. The lowest BCUT2D eigenvalue weighted by molar-refractivity contribution is -0.127. The van der Waals surface area contributed by atoms with E-state index < -0.39 is 0 Å². The Bertz CT molecular complexity index is 184. The maximum absolute atomic E-state index is 11.6. The molecule has 1 aliphatic heterocycles. The zero-order valence-electron chi connectivity index (χ0n) is 8.71. The van der Waals surface area contributed by atoms with E-state index in [0.717, 1.165) is 19.6 Å². The van der Waals surface area contributed by atoms with Crippen molar-refractivity contribution in [2.45, 2.75) is 13.0 Å². The minimum absolute atomic E-state index is 0.0266. The van der Waals surface area contributed by atoms with Crippen LogP contribution < -0.4 is 5.32 Å². The highest BCUT2D eigenvalue weighted by molar-refractivity contribution is 5.82. The van der Waals surface area contributed by atoms with Crippen LogP contribution in [0.25, 0.3) is 0 Å². The average Bonchev–Trinajstić information content (AvgIpc) is 2.09. The predicted octanol–water partition coefficient (Wildman–Crippen LogP) is -0.632. The van der Waals surface area contributed by atoms with Crippen LogP contribution in [0.15, 0.2) is 0 Å². The second-order valence-electron chi connectivity index (χ2n) is 3.65. The maximum Gasteiger partial charge on any atom is 0.238 e. The molecule has 0 radical (unpaired) electrons. The molecule has 0 saturated carbocycles. The molecule has 1 rings (SSSR count). The highest BCUT2D eigenvalue weighted by Crippen LogP contribution is 2.05. The third-order valence-corrected chi connectivity index (χ3v) is 2.50. The summed E-state index contributed by atoms with van der Waals surface area (Å²) in [6.07, 6.45) is 0. The summed E-state index contributed by atoms with van der Waals surface area (Å²) < 4.78 is 0. The maximum atomic E-state index is 11.6. The van der Waals surface area contributed by atoms with E-state index in [1.807, 2.05) is 14.0 Å². The van der Waals surface area contributed by atoms with E-state index in [2.05, 4.69) is 22.2 Å². The van der Waals surface area contributed by atoms with Crippen LogP contribution in [0.3, 0.4) is 0 Å². The minimum Gasteiger partial charge on any atom is -0.355 e. The van der Waals surface area contributed by atoms with Crippen molar-refractivity contribution in [1.82, 2.24) is 15.1 Å². The molecular weight excluding hydrogens is 166 g/mol. The summed E-state index contributed by atoms with van der Waals surface area (Å²) in [5.74, 6) is 0.150. The summed E-state index contributed by atoms with van der Waals surface area (Å²) in [5, 5.41) is 2.86. The molecule has 0 aromatic heterocycles. The Morgan fingerprint density at radius 3 is 2.77 bits per heavy atom. The SMILES string of the molecule is CCNC(=O)C1CN(C)CCN1C. The molecule has 1 aliphatic rings. The zero-order chi connectivity index (χ0) is 9.84. The Balaban J connectivity index is 2.50. The van der Waals surface area contributed by atoms with Gasteiger partial charge in [0.2, 0.25) is 5.91 Å². The van der Waals surface area contributed by atoms with Crippen LogP contribution in [0.5, 0.6) is 0 Å². The lowest BCUT2D eigenvalue weighted by Gasteiger charge is -2.36. The molecule has 13 heavy (non-hydrogen) atoms. The summed E-state index contributed by atoms with van der Waals surface area (Å²) in [6, 6.07) is 0.0266. The molecule has 1 amide bonds. The van der Waals surface area contributed by atoms with Gasteiger partial charge in [-0.1, -0.05) is 0 Å². The first-order valence-corrected chi connectivity index (χ1v) is 4.81. The van der Waals surface area contributed by atoms with Gasteiger partial charge in [0, 0.05) is 26.2 Å². The first-order valence-electron chi connectivity index (χ1n) is 4.81. The van der Waals surface area contributed by atoms with Crippen LogP contribution in [-0.2, 0) is 4.79 Å². The summed E-state index contributed by atoms with van der Waals surface area (Å²) in [6.45, 7) is 5.52. The molecular formula is C9H19N3O. The number of rotatable bonds is 2. The molecule has 1 unspecified atom stereocenters. The molecule has 1 heterocycles. The normalized spacial score (nSPS) is 25.9. The molecule has 1 fully saturated rings. The molecule has 0 aliphatic carbocycles. The molecule has 1 N–H and O–H groups in total. The second-order valence-corrected chi connectivity index (χ2v) is 3.65. The summed E-state index contributed by atoms with van der Waals surface area (Å²) in [5.41, 5.74) is 0. The van der Waals surface area contributed by atoms with Gasteiger partial charge < -0.3 is 10.2 Å². The number of piperazine rings is 1. The number of amides is 1. The van der Waals surface area contributed by atoms with E-state index in [4.69, 9.17) is 0 Å². The van der Waals surface area contributed by atoms with Crippen molar-refractivity contribution < 1.29 is 4.79 Å². The number of hydrogen-bond donors (Lipinski definition) is 1. The fourth-order valence-electron chi connectivity index (χ4n) is 1.59. The molecule has 1 atom stereocenters. The van der Waals surface area contributed by atoms with Gasteiger partial charge in [0.15, 0.2) is 0 Å². The Hall–Kier alpha value is -0.610. The molecule has 0 aromatic rings. The van der Waals surface area contributed by atoms with E-state index in [0.29, 0.717) is 6.54 Å². The summed E-state index contributed by atoms with van der Waals surface area (Å²) in [4.78, 5) is 15.9. The molecule has 1 saturated heterocycles. The number of hydrogen-bond acceptors (Lipinski definition) is 3. The van der Waals surface area contributed by atoms with Gasteiger partial charge in [-0.25, -0.2) is 0 Å². The number of nitrogens with one attached hydrogen (secondary N) is 1.